The Kier molecular flexibility index (Phi) is 1.86. The number of hydrogen-bond donors (Lipinski definition) is 1. The van der Waals surface area contributed by atoms with Crippen LogP contribution in [0.5, 0.6) is 0 Å². The van der Waals surface area contributed by atoms with E-state index < -0.39 is 6.30 Å². The molecular formula is C6H10FIN2. The van der Waals surface area contributed by atoms with Gasteiger partial charge in [-0.05, 0) is 12.8 Å². The average Bonchev–Trinajstić information content (AvgIpc) is 2.13. The van der Waals surface area contributed by atoms with E-state index in [0.717, 1.165) is 19.4 Å². The van der Waals surface area contributed by atoms with Gasteiger partial charge in [0.05, 0.1) is 6.04 Å². The Hall–Kier alpha value is 0.580. The molecule has 58 valence electrons. The predicted octanol–water partition coefficient (Wildman–Crippen LogP) is 1.07. The molecule has 2 saturated heterocycles. The molecule has 2 fully saturated rings. The van der Waals surface area contributed by atoms with Gasteiger partial charge in [0.25, 0.3) is 0 Å². The first-order chi connectivity index (χ1) is 4.79. The second-order valence-electron chi connectivity index (χ2n) is 2.95. The maximum atomic E-state index is 13.0. The topological polar surface area (TPSA) is 15.3 Å². The van der Waals surface area contributed by atoms with Crippen LogP contribution in [-0.2, 0) is 0 Å². The lowest BCUT2D eigenvalue weighted by Gasteiger charge is -2.32. The Labute approximate surface area is 73.6 Å². The number of rotatable bonds is 0. The van der Waals surface area contributed by atoms with Gasteiger partial charge in [0.2, 0.25) is 0 Å². The summed E-state index contributed by atoms with van der Waals surface area (Å²) in [4.78, 5) is 0. The number of nitrogens with one attached hydrogen (secondary N) is 1. The van der Waals surface area contributed by atoms with Crippen molar-refractivity contribution in [3.8, 4) is 0 Å². The molecule has 2 aliphatic rings. The van der Waals surface area contributed by atoms with Crippen LogP contribution < -0.4 is 5.32 Å². The fraction of sp³-hybridized carbons (Fsp3) is 1.00. The van der Waals surface area contributed by atoms with Crippen LogP contribution in [0.2, 0.25) is 0 Å². The van der Waals surface area contributed by atoms with E-state index in [1.165, 1.54) is 0 Å². The van der Waals surface area contributed by atoms with Gasteiger partial charge in [-0.15, -0.1) is 0 Å². The zero-order valence-corrected chi connectivity index (χ0v) is 7.71. The van der Waals surface area contributed by atoms with Crippen molar-refractivity contribution in [3.63, 3.8) is 0 Å². The highest BCUT2D eigenvalue weighted by Crippen LogP contribution is 2.32. The lowest BCUT2D eigenvalue weighted by Crippen LogP contribution is -2.51. The minimum absolute atomic E-state index is 0.138. The summed E-state index contributed by atoms with van der Waals surface area (Å²) in [7, 11) is 0. The first-order valence-electron chi connectivity index (χ1n) is 3.60. The monoisotopic (exact) mass is 256 g/mol. The van der Waals surface area contributed by atoms with Gasteiger partial charge in [0.15, 0.2) is 6.30 Å². The quantitative estimate of drug-likeness (QED) is 0.396. The Morgan fingerprint density at radius 2 is 2.30 bits per heavy atom. The maximum Gasteiger partial charge on any atom is 0.167 e. The zero-order valence-electron chi connectivity index (χ0n) is 5.56. The highest BCUT2D eigenvalue weighted by molar-refractivity contribution is 14.1. The summed E-state index contributed by atoms with van der Waals surface area (Å²) >= 11 is 2.24. The van der Waals surface area contributed by atoms with Crippen LogP contribution in [0.1, 0.15) is 12.8 Å². The van der Waals surface area contributed by atoms with E-state index in [0.29, 0.717) is 6.04 Å². The van der Waals surface area contributed by atoms with Gasteiger partial charge in [-0.1, -0.05) is 0 Å². The minimum atomic E-state index is -0.796. The molecule has 4 heteroatoms. The zero-order chi connectivity index (χ0) is 7.14. The van der Waals surface area contributed by atoms with E-state index in [4.69, 9.17) is 0 Å². The third-order valence-corrected chi connectivity index (χ3v) is 3.85. The summed E-state index contributed by atoms with van der Waals surface area (Å²) in [5.41, 5.74) is 0. The Morgan fingerprint density at radius 1 is 1.50 bits per heavy atom. The molecule has 3 unspecified atom stereocenters. The van der Waals surface area contributed by atoms with Crippen LogP contribution in [0.3, 0.4) is 0 Å². The highest BCUT2D eigenvalue weighted by atomic mass is 127. The molecule has 0 aromatic heterocycles. The summed E-state index contributed by atoms with van der Waals surface area (Å²) < 4.78 is 15.1. The molecule has 2 bridgehead atoms. The lowest BCUT2D eigenvalue weighted by molar-refractivity contribution is 0.137. The van der Waals surface area contributed by atoms with Crippen LogP contribution in [0.25, 0.3) is 0 Å². The molecule has 10 heavy (non-hydrogen) atoms. The van der Waals surface area contributed by atoms with Crippen molar-refractivity contribution in [1.29, 1.82) is 0 Å². The third kappa shape index (κ3) is 0.967. The van der Waals surface area contributed by atoms with Crippen LogP contribution in [0, 0.1) is 0 Å². The van der Waals surface area contributed by atoms with Gasteiger partial charge < -0.3 is 0 Å². The van der Waals surface area contributed by atoms with E-state index in [9.17, 15) is 4.39 Å². The van der Waals surface area contributed by atoms with E-state index in [1.54, 1.807) is 0 Å². The number of hydrogen-bond acceptors (Lipinski definition) is 2. The molecular weight excluding hydrogens is 246 g/mol. The van der Waals surface area contributed by atoms with Crippen molar-refractivity contribution in [2.75, 3.05) is 6.54 Å². The first-order valence-corrected chi connectivity index (χ1v) is 4.57. The van der Waals surface area contributed by atoms with Crippen molar-refractivity contribution >= 4 is 22.9 Å². The van der Waals surface area contributed by atoms with Crippen LogP contribution >= 0.6 is 22.9 Å². The number of fused-ring (bicyclic) bond motifs is 2. The highest BCUT2D eigenvalue weighted by Gasteiger charge is 2.41. The van der Waals surface area contributed by atoms with E-state index >= 15 is 0 Å². The third-order valence-electron chi connectivity index (χ3n) is 2.35. The molecule has 0 aliphatic carbocycles. The standard InChI is InChI=1S/C6H10FIN2/c7-6-5-2-1-4(3-9-6)10(5)8/h4-6,9H,1-3H2. The Balaban J connectivity index is 2.13. The van der Waals surface area contributed by atoms with Crippen molar-refractivity contribution in [2.24, 2.45) is 0 Å². The molecule has 1 N–H and O–H groups in total. The molecule has 0 spiro atoms. The van der Waals surface area contributed by atoms with Gasteiger partial charge in [0, 0.05) is 35.5 Å². The summed E-state index contributed by atoms with van der Waals surface area (Å²) in [5.74, 6) is 0. The van der Waals surface area contributed by atoms with Gasteiger partial charge in [-0.3, -0.25) is 5.32 Å². The molecule has 0 radical (unpaired) electrons. The van der Waals surface area contributed by atoms with Crippen molar-refractivity contribution < 1.29 is 4.39 Å². The Bertz CT molecular complexity index is 144. The molecule has 0 saturated carbocycles. The summed E-state index contributed by atoms with van der Waals surface area (Å²) in [6.45, 7) is 0.820. The van der Waals surface area contributed by atoms with E-state index in [-0.39, 0.29) is 6.04 Å². The predicted molar refractivity (Wildman–Crippen MR) is 45.6 cm³/mol. The minimum Gasteiger partial charge on any atom is -0.285 e. The average molecular weight is 256 g/mol. The number of piperazine rings is 1. The van der Waals surface area contributed by atoms with Crippen LogP contribution in [0.15, 0.2) is 0 Å². The van der Waals surface area contributed by atoms with Crippen LogP contribution in [0.4, 0.5) is 4.39 Å². The second kappa shape index (κ2) is 2.57. The van der Waals surface area contributed by atoms with Crippen LogP contribution in [-0.4, -0.2) is 28.0 Å². The van der Waals surface area contributed by atoms with Gasteiger partial charge in [-0.25, -0.2) is 7.50 Å². The summed E-state index contributed by atoms with van der Waals surface area (Å²) in [6, 6.07) is 0.719. The number of nitrogens with zero attached hydrogens (tertiary/aromatic N) is 1. The fourth-order valence-corrected chi connectivity index (χ4v) is 2.76. The number of alkyl halides is 1. The van der Waals surface area contributed by atoms with Gasteiger partial charge in [0.1, 0.15) is 0 Å². The maximum absolute atomic E-state index is 13.0. The fourth-order valence-electron chi connectivity index (χ4n) is 1.73. The van der Waals surface area contributed by atoms with Gasteiger partial charge in [-0.2, -0.15) is 0 Å². The van der Waals surface area contributed by atoms with E-state index in [1.807, 2.05) is 0 Å². The van der Waals surface area contributed by atoms with Gasteiger partial charge >= 0.3 is 0 Å². The summed E-state index contributed by atoms with van der Waals surface area (Å²) in [5, 5.41) is 2.86. The molecule has 2 heterocycles. The first kappa shape index (κ1) is 7.24. The summed E-state index contributed by atoms with van der Waals surface area (Å²) in [6.07, 6.45) is 1.37. The largest absolute Gasteiger partial charge is 0.285 e. The Morgan fingerprint density at radius 3 is 3.00 bits per heavy atom. The lowest BCUT2D eigenvalue weighted by atomic mass is 10.2. The molecule has 3 atom stereocenters. The number of halogens is 2. The molecule has 0 aromatic carbocycles. The van der Waals surface area contributed by atoms with Crippen molar-refractivity contribution in [2.45, 2.75) is 31.2 Å². The molecule has 0 aromatic rings. The normalized spacial score (nSPS) is 48.0. The van der Waals surface area contributed by atoms with Crippen molar-refractivity contribution in [3.05, 3.63) is 0 Å². The molecule has 2 aliphatic heterocycles. The SMILES string of the molecule is FC1NCC2CCC1N2I. The molecule has 0 amide bonds. The van der Waals surface area contributed by atoms with E-state index in [2.05, 4.69) is 31.3 Å². The smallest absolute Gasteiger partial charge is 0.167 e. The second-order valence-corrected chi connectivity index (χ2v) is 4.07. The molecule has 2 nitrogen and oxygen atoms in total. The van der Waals surface area contributed by atoms with Crippen molar-refractivity contribution in [1.82, 2.24) is 8.43 Å². The molecule has 2 rings (SSSR count).